The predicted molar refractivity (Wildman–Crippen MR) is 237 cm³/mol. The van der Waals surface area contributed by atoms with Gasteiger partial charge in [-0.25, -0.2) is 9.97 Å². The topological polar surface area (TPSA) is 52.1 Å². The Morgan fingerprint density at radius 2 is 0.847 bits per heavy atom. The Morgan fingerprint density at radius 3 is 1.53 bits per heavy atom. The maximum atomic E-state index is 6.32. The van der Waals surface area contributed by atoms with Crippen molar-refractivity contribution in [1.82, 2.24) is 9.97 Å². The van der Waals surface area contributed by atoms with Crippen molar-refractivity contribution in [3.8, 4) is 67.4 Å². The van der Waals surface area contributed by atoms with Crippen LogP contribution >= 0.6 is 0 Å². The minimum Gasteiger partial charge on any atom is -0.436 e. The summed E-state index contributed by atoms with van der Waals surface area (Å²) in [5.41, 5.74) is 19.3. The molecule has 0 unspecified atom stereocenters. The molecule has 0 bridgehead atoms. The van der Waals surface area contributed by atoms with Crippen LogP contribution < -0.4 is 0 Å². The lowest BCUT2D eigenvalue weighted by atomic mass is 9.69. The summed E-state index contributed by atoms with van der Waals surface area (Å²) in [5, 5.41) is 2.55. The Hall–Kier alpha value is -7.82. The minimum absolute atomic E-state index is 0.464. The molecule has 0 saturated carbocycles. The molecule has 0 aliphatic heterocycles. The normalized spacial score (nSPS) is 13.2. The van der Waals surface area contributed by atoms with Gasteiger partial charge in [0.15, 0.2) is 11.2 Å². The van der Waals surface area contributed by atoms with E-state index >= 15 is 0 Å². The van der Waals surface area contributed by atoms with Crippen molar-refractivity contribution in [2.75, 3.05) is 0 Å². The molecule has 4 heteroatoms. The molecular formula is C55H32N2O2. The SMILES string of the molecule is c1cc(-c2cc(-c3nc4ccccc4o3)cc(-c3nc4ccccc4o3)c2)cc(-c2ccc3c(c2)C2(c4ccccc4-c4ccccc42)c2c-3ccc3ccccc23)c1. The molecule has 0 fully saturated rings. The van der Waals surface area contributed by atoms with Crippen LogP contribution in [0.25, 0.3) is 100 Å². The lowest BCUT2D eigenvalue weighted by Gasteiger charge is -2.31. The molecule has 0 N–H and O–H groups in total. The fourth-order valence-corrected chi connectivity index (χ4v) is 10.0. The summed E-state index contributed by atoms with van der Waals surface area (Å²) in [5.74, 6) is 1.10. The van der Waals surface area contributed by atoms with Crippen molar-refractivity contribution in [3.05, 3.63) is 216 Å². The van der Waals surface area contributed by atoms with E-state index in [0.29, 0.717) is 11.8 Å². The maximum Gasteiger partial charge on any atom is 0.227 e. The molecule has 0 saturated heterocycles. The number of nitrogens with zero attached hydrogens (tertiary/aromatic N) is 2. The van der Waals surface area contributed by atoms with E-state index in [-0.39, 0.29) is 0 Å². The molecule has 13 rings (SSSR count). The van der Waals surface area contributed by atoms with Crippen LogP contribution in [0.2, 0.25) is 0 Å². The Morgan fingerprint density at radius 1 is 0.339 bits per heavy atom. The lowest BCUT2D eigenvalue weighted by molar-refractivity contribution is 0.617. The number of fused-ring (bicyclic) bond motifs is 14. The second-order valence-electron chi connectivity index (χ2n) is 15.7. The summed E-state index contributed by atoms with van der Waals surface area (Å²) in [6.45, 7) is 0. The maximum absolute atomic E-state index is 6.32. The first-order valence-electron chi connectivity index (χ1n) is 20.0. The third kappa shape index (κ3) is 4.60. The van der Waals surface area contributed by atoms with Crippen LogP contribution in [0.15, 0.2) is 203 Å². The molecule has 0 radical (unpaired) electrons. The van der Waals surface area contributed by atoms with Gasteiger partial charge in [0.1, 0.15) is 11.0 Å². The summed E-state index contributed by atoms with van der Waals surface area (Å²) in [6, 6.07) is 69.6. The second kappa shape index (κ2) is 12.1. The van der Waals surface area contributed by atoms with E-state index < -0.39 is 5.41 Å². The fraction of sp³-hybridized carbons (Fsp3) is 0.0182. The number of hydrogen-bond acceptors (Lipinski definition) is 4. The third-order valence-electron chi connectivity index (χ3n) is 12.5. The minimum atomic E-state index is -0.464. The first-order chi connectivity index (χ1) is 29.2. The molecule has 11 aromatic rings. The smallest absolute Gasteiger partial charge is 0.227 e. The van der Waals surface area contributed by atoms with Crippen LogP contribution in [0.4, 0.5) is 0 Å². The van der Waals surface area contributed by atoms with E-state index in [2.05, 4.69) is 146 Å². The zero-order valence-corrected chi connectivity index (χ0v) is 31.7. The van der Waals surface area contributed by atoms with E-state index in [9.17, 15) is 0 Å². The quantitative estimate of drug-likeness (QED) is 0.180. The highest BCUT2D eigenvalue weighted by atomic mass is 16.4. The van der Waals surface area contributed by atoms with Gasteiger partial charge in [-0.3, -0.25) is 0 Å². The van der Waals surface area contributed by atoms with Gasteiger partial charge < -0.3 is 8.83 Å². The molecule has 0 atom stereocenters. The Bertz CT molecular complexity index is 3330. The van der Waals surface area contributed by atoms with Crippen molar-refractivity contribution in [2.45, 2.75) is 5.41 Å². The highest BCUT2D eigenvalue weighted by molar-refractivity contribution is 6.04. The lowest BCUT2D eigenvalue weighted by Crippen LogP contribution is -2.26. The van der Waals surface area contributed by atoms with E-state index in [1.807, 2.05) is 48.5 Å². The Balaban J connectivity index is 1.01. The summed E-state index contributed by atoms with van der Waals surface area (Å²) < 4.78 is 12.6. The van der Waals surface area contributed by atoms with Crippen LogP contribution in [0, 0.1) is 0 Å². The van der Waals surface area contributed by atoms with Crippen LogP contribution in [0.3, 0.4) is 0 Å². The average molecular weight is 753 g/mol. The van der Waals surface area contributed by atoms with Gasteiger partial charge in [-0.15, -0.1) is 0 Å². The first-order valence-corrected chi connectivity index (χ1v) is 20.0. The zero-order valence-electron chi connectivity index (χ0n) is 31.7. The predicted octanol–water partition coefficient (Wildman–Crippen LogP) is 14.1. The number of para-hydroxylation sites is 4. The molecule has 9 aromatic carbocycles. The molecule has 4 nitrogen and oxygen atoms in total. The van der Waals surface area contributed by atoms with Crippen LogP contribution in [-0.2, 0) is 5.41 Å². The number of rotatable bonds is 4. The monoisotopic (exact) mass is 752 g/mol. The number of oxazole rings is 2. The summed E-state index contributed by atoms with van der Waals surface area (Å²) in [4.78, 5) is 9.76. The number of aromatic nitrogens is 2. The van der Waals surface area contributed by atoms with E-state index in [0.717, 1.165) is 50.0 Å². The van der Waals surface area contributed by atoms with Crippen molar-refractivity contribution < 1.29 is 8.83 Å². The molecule has 2 aromatic heterocycles. The molecule has 2 aliphatic carbocycles. The van der Waals surface area contributed by atoms with Crippen LogP contribution in [0.5, 0.6) is 0 Å². The van der Waals surface area contributed by atoms with E-state index in [1.54, 1.807) is 0 Å². The highest BCUT2D eigenvalue weighted by Gasteiger charge is 2.52. The number of benzene rings is 9. The zero-order chi connectivity index (χ0) is 38.7. The summed E-state index contributed by atoms with van der Waals surface area (Å²) >= 11 is 0. The van der Waals surface area contributed by atoms with Gasteiger partial charge in [-0.1, -0.05) is 140 Å². The van der Waals surface area contributed by atoms with Crippen molar-refractivity contribution in [3.63, 3.8) is 0 Å². The van der Waals surface area contributed by atoms with Crippen LogP contribution in [-0.4, -0.2) is 9.97 Å². The van der Waals surface area contributed by atoms with Gasteiger partial charge in [-0.2, -0.15) is 0 Å². The summed E-state index contributed by atoms with van der Waals surface area (Å²) in [6.07, 6.45) is 0. The highest BCUT2D eigenvalue weighted by Crippen LogP contribution is 2.64. The molecule has 1 spiro atoms. The third-order valence-corrected chi connectivity index (χ3v) is 12.5. The van der Waals surface area contributed by atoms with Gasteiger partial charge >= 0.3 is 0 Å². The van der Waals surface area contributed by atoms with Gasteiger partial charge in [0.2, 0.25) is 11.8 Å². The average Bonchev–Trinajstić information content (AvgIpc) is 4.08. The standard InChI is InChI=1S/C55H32N2O2/c1-2-15-40-33(12-1)24-27-44-43-26-25-36(32-47(43)55(52(40)44)45-18-5-3-16-41(45)42-17-4-6-19-46(42)55)34-13-11-14-35(28-34)37-29-38(53-56-48-20-7-9-22-50(48)58-53)31-39(30-37)54-57-49-21-8-10-23-51(49)59-54/h1-32H. The molecule has 274 valence electrons. The molecule has 2 heterocycles. The van der Waals surface area contributed by atoms with Crippen molar-refractivity contribution in [1.29, 1.82) is 0 Å². The largest absolute Gasteiger partial charge is 0.436 e. The first kappa shape index (κ1) is 32.3. The van der Waals surface area contributed by atoms with Gasteiger partial charge in [0.05, 0.1) is 5.41 Å². The Kier molecular flexibility index (Phi) is 6.62. The van der Waals surface area contributed by atoms with Crippen molar-refractivity contribution in [2.24, 2.45) is 0 Å². The Labute approximate surface area is 339 Å². The summed E-state index contributed by atoms with van der Waals surface area (Å²) in [7, 11) is 0. The van der Waals surface area contributed by atoms with Gasteiger partial charge in [0, 0.05) is 11.1 Å². The molecular weight excluding hydrogens is 721 g/mol. The van der Waals surface area contributed by atoms with Gasteiger partial charge in [-0.05, 0) is 132 Å². The van der Waals surface area contributed by atoms with E-state index in [4.69, 9.17) is 18.8 Å². The molecule has 59 heavy (non-hydrogen) atoms. The number of hydrogen-bond donors (Lipinski definition) is 0. The van der Waals surface area contributed by atoms with E-state index in [1.165, 1.54) is 60.8 Å². The molecule has 0 amide bonds. The van der Waals surface area contributed by atoms with Crippen molar-refractivity contribution >= 4 is 33.0 Å². The second-order valence-corrected chi connectivity index (χ2v) is 15.7. The molecule has 2 aliphatic rings. The fourth-order valence-electron chi connectivity index (χ4n) is 10.0. The van der Waals surface area contributed by atoms with Crippen LogP contribution in [0.1, 0.15) is 22.3 Å². The van der Waals surface area contributed by atoms with Gasteiger partial charge in [0.25, 0.3) is 0 Å².